The van der Waals surface area contributed by atoms with Crippen LogP contribution >= 0.6 is 11.3 Å². The number of thiazole rings is 1. The summed E-state index contributed by atoms with van der Waals surface area (Å²) in [6, 6.07) is 17.2. The minimum Gasteiger partial charge on any atom is -0.494 e. The predicted octanol–water partition coefficient (Wildman–Crippen LogP) is 5.72. The van der Waals surface area contributed by atoms with Crippen molar-refractivity contribution in [3.8, 4) is 28.5 Å². The van der Waals surface area contributed by atoms with Crippen LogP contribution in [0.25, 0.3) is 33.7 Å². The second-order valence-electron chi connectivity index (χ2n) is 8.19. The van der Waals surface area contributed by atoms with E-state index in [1.807, 2.05) is 24.3 Å². The lowest BCUT2D eigenvalue weighted by Crippen LogP contribution is -2.23. The lowest BCUT2D eigenvalue weighted by Gasteiger charge is -2.06. The van der Waals surface area contributed by atoms with Gasteiger partial charge in [-0.3, -0.25) is 4.79 Å². The molecule has 0 saturated carbocycles. The van der Waals surface area contributed by atoms with Crippen LogP contribution in [-0.4, -0.2) is 21.2 Å². The van der Waals surface area contributed by atoms with Crippen LogP contribution in [0.1, 0.15) is 38.4 Å². The summed E-state index contributed by atoms with van der Waals surface area (Å²) in [7, 11) is 0. The minimum absolute atomic E-state index is 0.254. The van der Waals surface area contributed by atoms with Gasteiger partial charge in [-0.05, 0) is 67.1 Å². The van der Waals surface area contributed by atoms with Crippen molar-refractivity contribution < 1.29 is 13.5 Å². The summed E-state index contributed by atoms with van der Waals surface area (Å²) in [5.41, 5.74) is 1.32. The first kappa shape index (κ1) is 23.0. The number of halogens is 1. The minimum atomic E-state index is -0.307. The first-order valence-electron chi connectivity index (χ1n) is 11.6. The Morgan fingerprint density at radius 3 is 2.51 bits per heavy atom. The summed E-state index contributed by atoms with van der Waals surface area (Å²) in [5, 5.41) is 4.41. The second-order valence-corrected chi connectivity index (χ2v) is 9.20. The number of fused-ring (bicyclic) bond motifs is 1. The monoisotopic (exact) mass is 489 g/mol. The number of aromatic nitrogens is 3. The zero-order valence-electron chi connectivity index (χ0n) is 19.2. The molecule has 0 radical (unpaired) electrons. The molecule has 0 fully saturated rings. The fourth-order valence-corrected chi connectivity index (χ4v) is 4.59. The van der Waals surface area contributed by atoms with Gasteiger partial charge in [0, 0.05) is 17.2 Å². The molecule has 0 bridgehead atoms. The van der Waals surface area contributed by atoms with Crippen molar-refractivity contribution in [3.05, 3.63) is 87.1 Å². The third-order valence-corrected chi connectivity index (χ3v) is 6.55. The van der Waals surface area contributed by atoms with Crippen molar-refractivity contribution in [3.63, 3.8) is 0 Å². The first-order chi connectivity index (χ1) is 17.1. The van der Waals surface area contributed by atoms with E-state index in [-0.39, 0.29) is 11.4 Å². The third kappa shape index (κ3) is 5.17. The summed E-state index contributed by atoms with van der Waals surface area (Å²) >= 11 is 1.25. The average molecular weight is 490 g/mol. The molecule has 2 aromatic carbocycles. The van der Waals surface area contributed by atoms with Crippen molar-refractivity contribution >= 4 is 22.4 Å². The third-order valence-electron chi connectivity index (χ3n) is 5.59. The van der Waals surface area contributed by atoms with Crippen LogP contribution in [-0.2, 0) is 0 Å². The molecule has 6 nitrogen and oxygen atoms in total. The lowest BCUT2D eigenvalue weighted by molar-refractivity contribution is 0.305. The number of nitrogens with zero attached hydrogens (tertiary/aromatic N) is 3. The van der Waals surface area contributed by atoms with E-state index in [4.69, 9.17) is 9.15 Å². The van der Waals surface area contributed by atoms with Gasteiger partial charge in [-0.2, -0.15) is 9.50 Å². The predicted molar refractivity (Wildman–Crippen MR) is 135 cm³/mol. The highest BCUT2D eigenvalue weighted by Gasteiger charge is 2.13. The largest absolute Gasteiger partial charge is 0.494 e. The Kier molecular flexibility index (Phi) is 6.72. The molecule has 3 heterocycles. The molecule has 5 rings (SSSR count). The molecular weight excluding hydrogens is 465 g/mol. The molecule has 5 aromatic rings. The van der Waals surface area contributed by atoms with Gasteiger partial charge in [0.05, 0.1) is 6.61 Å². The van der Waals surface area contributed by atoms with Gasteiger partial charge < -0.3 is 9.15 Å². The zero-order chi connectivity index (χ0) is 24.2. The van der Waals surface area contributed by atoms with Crippen LogP contribution in [0, 0.1) is 5.82 Å². The summed E-state index contributed by atoms with van der Waals surface area (Å²) in [6.45, 7) is 2.89. The van der Waals surface area contributed by atoms with Gasteiger partial charge in [0.1, 0.15) is 27.6 Å². The molecule has 3 aromatic heterocycles. The van der Waals surface area contributed by atoms with Gasteiger partial charge >= 0.3 is 0 Å². The van der Waals surface area contributed by atoms with Crippen LogP contribution in [0.15, 0.2) is 69.9 Å². The molecule has 0 atom stereocenters. The van der Waals surface area contributed by atoms with E-state index < -0.39 is 0 Å². The molecule has 0 spiro atoms. The Labute approximate surface area is 205 Å². The van der Waals surface area contributed by atoms with E-state index in [2.05, 4.69) is 17.0 Å². The molecular formula is C27H24FN3O3S. The summed E-state index contributed by atoms with van der Waals surface area (Å²) in [6.07, 6.45) is 6.32. The molecule has 8 heteroatoms. The zero-order valence-corrected chi connectivity index (χ0v) is 20.1. The lowest BCUT2D eigenvalue weighted by atomic mass is 10.2. The summed E-state index contributed by atoms with van der Waals surface area (Å²) in [5.74, 6) is 2.12. The van der Waals surface area contributed by atoms with E-state index >= 15 is 0 Å². The topological polar surface area (TPSA) is 69.6 Å². The molecule has 0 unspecified atom stereocenters. The van der Waals surface area contributed by atoms with E-state index in [1.54, 1.807) is 30.3 Å². The van der Waals surface area contributed by atoms with Gasteiger partial charge in [-0.1, -0.05) is 37.5 Å². The SMILES string of the molecule is CCCCCCOc1ccc(-c2nc3sc(=Cc4ccc(-c5ccc(F)cc5)o4)c(=O)n3n2)cc1. The highest BCUT2D eigenvalue weighted by molar-refractivity contribution is 7.15. The van der Waals surface area contributed by atoms with Crippen LogP contribution < -0.4 is 14.8 Å². The van der Waals surface area contributed by atoms with Crippen molar-refractivity contribution in [2.45, 2.75) is 32.6 Å². The standard InChI is InChI=1S/C27H24FN3O3S/c1-2-3-4-5-16-33-21-12-8-19(9-13-21)25-29-27-31(30-25)26(32)24(35-27)17-22-14-15-23(34-22)18-6-10-20(28)11-7-18/h6-15,17H,2-5,16H2,1H3. The molecule has 0 saturated heterocycles. The highest BCUT2D eigenvalue weighted by Crippen LogP contribution is 2.23. The molecule has 0 amide bonds. The number of furan rings is 1. The summed E-state index contributed by atoms with van der Waals surface area (Å²) < 4.78 is 26.5. The van der Waals surface area contributed by atoms with Gasteiger partial charge in [-0.15, -0.1) is 5.10 Å². The smallest absolute Gasteiger partial charge is 0.291 e. The van der Waals surface area contributed by atoms with E-state index in [0.717, 1.165) is 23.3 Å². The first-order valence-corrected chi connectivity index (χ1v) is 12.4. The maximum atomic E-state index is 13.2. The quantitative estimate of drug-likeness (QED) is 0.248. The van der Waals surface area contributed by atoms with E-state index in [9.17, 15) is 9.18 Å². The molecule has 0 aliphatic rings. The van der Waals surface area contributed by atoms with E-state index in [1.165, 1.54) is 47.2 Å². The van der Waals surface area contributed by atoms with Crippen molar-refractivity contribution in [2.24, 2.45) is 0 Å². The maximum Gasteiger partial charge on any atom is 0.291 e. The van der Waals surface area contributed by atoms with Crippen molar-refractivity contribution in [1.82, 2.24) is 14.6 Å². The fourth-order valence-electron chi connectivity index (χ4n) is 3.70. The average Bonchev–Trinajstić information content (AvgIpc) is 3.57. The Hall–Kier alpha value is -3.78. The van der Waals surface area contributed by atoms with Crippen LogP contribution in [0.2, 0.25) is 0 Å². The second kappa shape index (κ2) is 10.2. The Bertz CT molecular complexity index is 1540. The Morgan fingerprint density at radius 2 is 1.77 bits per heavy atom. The van der Waals surface area contributed by atoms with E-state index in [0.29, 0.717) is 33.4 Å². The highest BCUT2D eigenvalue weighted by atomic mass is 32.1. The maximum absolute atomic E-state index is 13.2. The van der Waals surface area contributed by atoms with Gasteiger partial charge in [0.15, 0.2) is 5.82 Å². The molecule has 0 aliphatic heterocycles. The van der Waals surface area contributed by atoms with Crippen molar-refractivity contribution in [2.75, 3.05) is 6.61 Å². The normalized spacial score (nSPS) is 12.0. The van der Waals surface area contributed by atoms with Gasteiger partial charge in [0.2, 0.25) is 4.96 Å². The fraction of sp³-hybridized carbons (Fsp3) is 0.222. The molecule has 178 valence electrons. The number of ether oxygens (including phenoxy) is 1. The van der Waals surface area contributed by atoms with Crippen molar-refractivity contribution in [1.29, 1.82) is 0 Å². The van der Waals surface area contributed by atoms with Crippen LogP contribution in [0.4, 0.5) is 4.39 Å². The number of hydrogen-bond acceptors (Lipinski definition) is 6. The number of hydrogen-bond donors (Lipinski definition) is 0. The molecule has 0 N–H and O–H groups in total. The number of rotatable bonds is 9. The summed E-state index contributed by atoms with van der Waals surface area (Å²) in [4.78, 5) is 17.9. The number of unbranched alkanes of at least 4 members (excludes halogenated alkanes) is 3. The molecule has 0 aliphatic carbocycles. The van der Waals surface area contributed by atoms with Gasteiger partial charge in [-0.25, -0.2) is 4.39 Å². The Balaban J connectivity index is 1.32. The van der Waals surface area contributed by atoms with Crippen LogP contribution in [0.3, 0.4) is 0 Å². The Morgan fingerprint density at radius 1 is 1.00 bits per heavy atom. The molecule has 35 heavy (non-hydrogen) atoms. The van der Waals surface area contributed by atoms with Crippen LogP contribution in [0.5, 0.6) is 5.75 Å². The number of benzene rings is 2. The van der Waals surface area contributed by atoms with Gasteiger partial charge in [0.25, 0.3) is 5.56 Å².